The lowest BCUT2D eigenvalue weighted by atomic mass is 10.1. The molecule has 0 bridgehead atoms. The van der Waals surface area contributed by atoms with Gasteiger partial charge in [0.15, 0.2) is 5.96 Å². The van der Waals surface area contributed by atoms with Crippen LogP contribution in [0.4, 0.5) is 5.69 Å². The lowest BCUT2D eigenvalue weighted by molar-refractivity contribution is 0.405. The minimum atomic E-state index is 0.382. The Kier molecular flexibility index (Phi) is 5.99. The number of anilines is 1. The summed E-state index contributed by atoms with van der Waals surface area (Å²) < 4.78 is 10.4. The highest BCUT2D eigenvalue weighted by atomic mass is 16.5. The van der Waals surface area contributed by atoms with Crippen molar-refractivity contribution in [2.75, 3.05) is 26.1 Å². The Bertz CT molecular complexity index is 431. The van der Waals surface area contributed by atoms with Gasteiger partial charge in [-0.25, -0.2) is 0 Å². The molecule has 0 saturated heterocycles. The number of nitrogens with one attached hydrogen (secondary N) is 1. The Morgan fingerprint density at radius 1 is 1.32 bits per heavy atom. The van der Waals surface area contributed by atoms with Crippen LogP contribution < -0.4 is 20.5 Å². The summed E-state index contributed by atoms with van der Waals surface area (Å²) in [6.07, 6.45) is 1.01. The van der Waals surface area contributed by atoms with Crippen LogP contribution in [0.1, 0.15) is 20.3 Å². The molecule has 0 radical (unpaired) electrons. The van der Waals surface area contributed by atoms with Crippen molar-refractivity contribution >= 4 is 11.6 Å². The van der Waals surface area contributed by atoms with Gasteiger partial charge in [0.2, 0.25) is 0 Å². The molecule has 106 valence electrons. The molecular formula is C14H23N3O2. The van der Waals surface area contributed by atoms with Crippen molar-refractivity contribution < 1.29 is 9.47 Å². The maximum absolute atomic E-state index is 5.85. The summed E-state index contributed by atoms with van der Waals surface area (Å²) in [6, 6.07) is 5.47. The molecule has 0 atom stereocenters. The van der Waals surface area contributed by atoms with Gasteiger partial charge in [-0.1, -0.05) is 13.8 Å². The fourth-order valence-corrected chi connectivity index (χ4v) is 1.53. The average molecular weight is 265 g/mol. The van der Waals surface area contributed by atoms with Crippen molar-refractivity contribution in [3.63, 3.8) is 0 Å². The van der Waals surface area contributed by atoms with E-state index >= 15 is 0 Å². The van der Waals surface area contributed by atoms with E-state index in [0.29, 0.717) is 24.2 Å². The van der Waals surface area contributed by atoms with E-state index in [1.807, 2.05) is 18.2 Å². The summed E-state index contributed by atoms with van der Waals surface area (Å²) in [5.41, 5.74) is 6.59. The third kappa shape index (κ3) is 5.07. The lowest BCUT2D eigenvalue weighted by Crippen LogP contribution is -2.23. The van der Waals surface area contributed by atoms with E-state index in [0.717, 1.165) is 17.9 Å². The van der Waals surface area contributed by atoms with Crippen molar-refractivity contribution in [3.8, 4) is 11.5 Å². The van der Waals surface area contributed by atoms with E-state index in [9.17, 15) is 0 Å². The van der Waals surface area contributed by atoms with Crippen LogP contribution >= 0.6 is 0 Å². The highest BCUT2D eigenvalue weighted by molar-refractivity contribution is 5.93. The van der Waals surface area contributed by atoms with Crippen LogP contribution in [-0.4, -0.2) is 26.7 Å². The quantitative estimate of drug-likeness (QED) is 0.612. The zero-order valence-electron chi connectivity index (χ0n) is 12.1. The molecule has 0 aromatic heterocycles. The molecule has 19 heavy (non-hydrogen) atoms. The minimum Gasteiger partial charge on any atom is -0.497 e. The van der Waals surface area contributed by atoms with Crippen molar-refractivity contribution in [2.45, 2.75) is 20.3 Å². The standard InChI is InChI=1S/C14H23N3O2/c1-10(2)7-8-16-14(15)17-12-9-11(18-3)5-6-13(12)19-4/h5-6,9-10H,7-8H2,1-4H3,(H3,15,16,17). The normalized spacial score (nSPS) is 11.5. The Labute approximate surface area is 114 Å². The van der Waals surface area contributed by atoms with Crippen LogP contribution in [0.3, 0.4) is 0 Å². The van der Waals surface area contributed by atoms with Crippen molar-refractivity contribution in [2.24, 2.45) is 16.6 Å². The molecule has 0 fully saturated rings. The number of methoxy groups -OCH3 is 2. The first-order valence-electron chi connectivity index (χ1n) is 6.35. The fourth-order valence-electron chi connectivity index (χ4n) is 1.53. The molecule has 5 nitrogen and oxygen atoms in total. The number of hydrogen-bond acceptors (Lipinski definition) is 3. The number of nitrogens with two attached hydrogens (primary N) is 1. The predicted molar refractivity (Wildman–Crippen MR) is 79.1 cm³/mol. The second-order valence-corrected chi connectivity index (χ2v) is 4.64. The number of benzene rings is 1. The minimum absolute atomic E-state index is 0.382. The Balaban J connectivity index is 2.74. The molecule has 0 aliphatic carbocycles. The second kappa shape index (κ2) is 7.51. The van der Waals surface area contributed by atoms with Crippen LogP contribution in [0.5, 0.6) is 11.5 Å². The summed E-state index contributed by atoms with van der Waals surface area (Å²) in [6.45, 7) is 5.03. The van der Waals surface area contributed by atoms with Gasteiger partial charge in [-0.15, -0.1) is 0 Å². The zero-order chi connectivity index (χ0) is 14.3. The van der Waals surface area contributed by atoms with Gasteiger partial charge in [0, 0.05) is 12.6 Å². The van der Waals surface area contributed by atoms with Crippen LogP contribution in [-0.2, 0) is 0 Å². The first-order chi connectivity index (χ1) is 9.06. The number of guanidine groups is 1. The summed E-state index contributed by atoms with van der Waals surface area (Å²) >= 11 is 0. The Morgan fingerprint density at radius 2 is 2.05 bits per heavy atom. The topological polar surface area (TPSA) is 68.9 Å². The van der Waals surface area contributed by atoms with Gasteiger partial charge in [0.05, 0.1) is 19.9 Å². The molecule has 1 aromatic rings. The van der Waals surface area contributed by atoms with E-state index in [4.69, 9.17) is 15.2 Å². The molecule has 0 aliphatic heterocycles. The van der Waals surface area contributed by atoms with Gasteiger partial charge in [0.25, 0.3) is 0 Å². The van der Waals surface area contributed by atoms with Crippen LogP contribution in [0.15, 0.2) is 23.2 Å². The van der Waals surface area contributed by atoms with Crippen LogP contribution in [0, 0.1) is 5.92 Å². The van der Waals surface area contributed by atoms with Crippen LogP contribution in [0.2, 0.25) is 0 Å². The van der Waals surface area contributed by atoms with Gasteiger partial charge in [-0.2, -0.15) is 0 Å². The van der Waals surface area contributed by atoms with Crippen molar-refractivity contribution in [1.29, 1.82) is 0 Å². The highest BCUT2D eigenvalue weighted by Gasteiger charge is 2.05. The number of nitrogens with zero attached hydrogens (tertiary/aromatic N) is 1. The fraction of sp³-hybridized carbons (Fsp3) is 0.500. The van der Waals surface area contributed by atoms with E-state index < -0.39 is 0 Å². The third-order valence-corrected chi connectivity index (χ3v) is 2.66. The summed E-state index contributed by atoms with van der Waals surface area (Å²) in [5.74, 6) is 2.43. The molecule has 0 spiro atoms. The van der Waals surface area contributed by atoms with Gasteiger partial charge < -0.3 is 20.5 Å². The maximum atomic E-state index is 5.85. The van der Waals surface area contributed by atoms with Gasteiger partial charge in [-0.3, -0.25) is 4.99 Å². The first-order valence-corrected chi connectivity index (χ1v) is 6.35. The first kappa shape index (κ1) is 15.1. The third-order valence-electron chi connectivity index (χ3n) is 2.66. The summed E-state index contributed by atoms with van der Waals surface area (Å²) in [4.78, 5) is 4.28. The Morgan fingerprint density at radius 3 is 2.63 bits per heavy atom. The van der Waals surface area contributed by atoms with Crippen molar-refractivity contribution in [3.05, 3.63) is 18.2 Å². The smallest absolute Gasteiger partial charge is 0.193 e. The lowest BCUT2D eigenvalue weighted by Gasteiger charge is -2.12. The number of hydrogen-bond donors (Lipinski definition) is 2. The van der Waals surface area contributed by atoms with E-state index in [-0.39, 0.29) is 0 Å². The van der Waals surface area contributed by atoms with Crippen molar-refractivity contribution in [1.82, 2.24) is 0 Å². The molecular weight excluding hydrogens is 242 g/mol. The second-order valence-electron chi connectivity index (χ2n) is 4.64. The summed E-state index contributed by atoms with van der Waals surface area (Å²) in [5, 5.41) is 3.03. The molecule has 3 N–H and O–H groups in total. The maximum Gasteiger partial charge on any atom is 0.193 e. The largest absolute Gasteiger partial charge is 0.497 e. The van der Waals surface area contributed by atoms with Crippen LogP contribution in [0.25, 0.3) is 0 Å². The SMILES string of the molecule is COc1ccc(OC)c(NC(N)=NCCC(C)C)c1. The van der Waals surface area contributed by atoms with E-state index in [2.05, 4.69) is 24.2 Å². The molecule has 0 amide bonds. The molecule has 1 aromatic carbocycles. The molecule has 1 rings (SSSR count). The molecule has 5 heteroatoms. The highest BCUT2D eigenvalue weighted by Crippen LogP contribution is 2.28. The van der Waals surface area contributed by atoms with Gasteiger partial charge in [0.1, 0.15) is 11.5 Å². The van der Waals surface area contributed by atoms with E-state index in [1.54, 1.807) is 14.2 Å². The number of rotatable bonds is 6. The number of aliphatic imine (C=N–C) groups is 1. The Hall–Kier alpha value is -1.91. The van der Waals surface area contributed by atoms with Gasteiger partial charge >= 0.3 is 0 Å². The molecule has 0 heterocycles. The summed E-state index contributed by atoms with van der Waals surface area (Å²) in [7, 11) is 3.23. The monoisotopic (exact) mass is 265 g/mol. The molecule has 0 aliphatic rings. The van der Waals surface area contributed by atoms with E-state index in [1.165, 1.54) is 0 Å². The average Bonchev–Trinajstić information content (AvgIpc) is 2.38. The number of ether oxygens (including phenoxy) is 2. The molecule has 0 unspecified atom stereocenters. The zero-order valence-corrected chi connectivity index (χ0v) is 12.1. The predicted octanol–water partition coefficient (Wildman–Crippen LogP) is 2.48. The molecule has 0 saturated carbocycles. The van der Waals surface area contributed by atoms with Gasteiger partial charge in [-0.05, 0) is 24.5 Å².